The van der Waals surface area contributed by atoms with Crippen molar-refractivity contribution >= 4 is 5.91 Å². The Balaban J connectivity index is 1.19. The number of ether oxygens (including phenoxy) is 3. The monoisotopic (exact) mass is 431 g/mol. The molecule has 10 heteroatoms. The second-order valence-electron chi connectivity index (χ2n) is 7.97. The minimum absolute atomic E-state index is 0.0908. The number of aromatic nitrogens is 3. The van der Waals surface area contributed by atoms with Crippen molar-refractivity contribution in [3.05, 3.63) is 41.9 Å². The fourth-order valence-corrected chi connectivity index (χ4v) is 4.14. The van der Waals surface area contributed by atoms with Gasteiger partial charge in [-0.1, -0.05) is 6.07 Å². The van der Waals surface area contributed by atoms with Crippen LogP contribution >= 0.6 is 0 Å². The van der Waals surface area contributed by atoms with Gasteiger partial charge in [0.25, 0.3) is 0 Å². The van der Waals surface area contributed by atoms with Crippen LogP contribution in [0.5, 0.6) is 5.88 Å². The highest BCUT2D eigenvalue weighted by Gasteiger charge is 2.50. The van der Waals surface area contributed by atoms with E-state index in [-0.39, 0.29) is 30.6 Å². The van der Waals surface area contributed by atoms with Crippen LogP contribution in [-0.4, -0.2) is 70.0 Å². The van der Waals surface area contributed by atoms with Crippen LogP contribution in [0.3, 0.4) is 0 Å². The van der Waals surface area contributed by atoms with E-state index in [1.165, 1.54) is 0 Å². The summed E-state index contributed by atoms with van der Waals surface area (Å²) in [6, 6.07) is 3.79. The van der Waals surface area contributed by atoms with E-state index in [0.717, 1.165) is 11.1 Å². The van der Waals surface area contributed by atoms with Gasteiger partial charge in [0, 0.05) is 56.6 Å². The van der Waals surface area contributed by atoms with E-state index in [0.29, 0.717) is 31.9 Å². The summed E-state index contributed by atoms with van der Waals surface area (Å²) in [5.74, 6) is 0.486. The van der Waals surface area contributed by atoms with Crippen molar-refractivity contribution in [1.82, 2.24) is 25.4 Å². The molecule has 2 aromatic rings. The van der Waals surface area contributed by atoms with Crippen LogP contribution in [0, 0.1) is 0 Å². The fourth-order valence-electron chi connectivity index (χ4n) is 4.14. The van der Waals surface area contributed by atoms with Gasteiger partial charge in [0.15, 0.2) is 0 Å². The van der Waals surface area contributed by atoms with E-state index in [2.05, 4.69) is 20.7 Å². The Labute approximate surface area is 180 Å². The molecule has 2 aromatic heterocycles. The smallest absolute Gasteiger partial charge is 0.222 e. The third kappa shape index (κ3) is 5.21. The molecule has 31 heavy (non-hydrogen) atoms. The minimum atomic E-state index is -0.739. The molecule has 0 spiro atoms. The van der Waals surface area contributed by atoms with Gasteiger partial charge in [-0.3, -0.25) is 9.48 Å². The van der Waals surface area contributed by atoms with E-state index >= 15 is 0 Å². The molecule has 168 valence electrons. The number of fused-ring (bicyclic) bond motifs is 1. The number of pyridine rings is 1. The van der Waals surface area contributed by atoms with Crippen molar-refractivity contribution in [2.75, 3.05) is 13.7 Å². The fraction of sp³-hybridized carbons (Fsp3) is 0.571. The number of nitrogens with zero attached hydrogens (tertiary/aromatic N) is 3. The molecule has 2 aliphatic heterocycles. The zero-order valence-corrected chi connectivity index (χ0v) is 17.7. The first-order valence-electron chi connectivity index (χ1n) is 10.4. The van der Waals surface area contributed by atoms with Crippen LogP contribution in [0.15, 0.2) is 30.7 Å². The van der Waals surface area contributed by atoms with Crippen LogP contribution in [0.1, 0.15) is 24.0 Å². The number of aliphatic hydroxyl groups excluding tert-OH is 1. The Morgan fingerprint density at radius 2 is 2.26 bits per heavy atom. The molecule has 1 amide bonds. The van der Waals surface area contributed by atoms with Gasteiger partial charge in [-0.05, 0) is 6.07 Å². The third-order valence-corrected chi connectivity index (χ3v) is 5.64. The quantitative estimate of drug-likeness (QED) is 0.504. The van der Waals surface area contributed by atoms with Crippen LogP contribution < -0.4 is 15.4 Å². The Bertz CT molecular complexity index is 891. The first-order valence-corrected chi connectivity index (χ1v) is 10.4. The number of rotatable bonds is 9. The lowest BCUT2D eigenvalue weighted by Crippen LogP contribution is -2.39. The summed E-state index contributed by atoms with van der Waals surface area (Å²) in [6.45, 7) is 1.46. The van der Waals surface area contributed by atoms with Gasteiger partial charge >= 0.3 is 0 Å². The first kappa shape index (κ1) is 21.7. The number of aliphatic hydroxyl groups is 1. The number of carbonyl (C=O) groups excluding carboxylic acids is 1. The summed E-state index contributed by atoms with van der Waals surface area (Å²) in [5.41, 5.74) is 1.88. The SMILES string of the molecule is COc1ncccc1CNC[C@H]1O[C@@H]2C[C@@H](CC(=O)NCc3cnn(C)c3)O[C@@H]2[C@@H]1O. The van der Waals surface area contributed by atoms with Crippen molar-refractivity contribution in [1.29, 1.82) is 0 Å². The standard InChI is InChI=1S/C21H29N5O5/c1-26-12-13(9-25-26)8-24-18(27)7-15-6-16-20(30-15)19(28)17(31-16)11-22-10-14-4-3-5-23-21(14)29-2/h3-5,9,12,15-17,19-20,22,28H,6-8,10-11H2,1-2H3,(H,24,27)/t15-,16+,17+,19+,20-/m0/s1. The van der Waals surface area contributed by atoms with Gasteiger partial charge in [-0.15, -0.1) is 0 Å². The van der Waals surface area contributed by atoms with E-state index in [9.17, 15) is 9.90 Å². The Kier molecular flexibility index (Phi) is 6.81. The molecule has 5 atom stereocenters. The van der Waals surface area contributed by atoms with Crippen LogP contribution in [0.25, 0.3) is 0 Å². The molecule has 2 saturated heterocycles. The largest absolute Gasteiger partial charge is 0.481 e. The van der Waals surface area contributed by atoms with Crippen molar-refractivity contribution < 1.29 is 24.1 Å². The first-order chi connectivity index (χ1) is 15.0. The summed E-state index contributed by atoms with van der Waals surface area (Å²) >= 11 is 0. The second-order valence-corrected chi connectivity index (χ2v) is 7.97. The van der Waals surface area contributed by atoms with Crippen molar-refractivity contribution in [3.63, 3.8) is 0 Å². The average molecular weight is 431 g/mol. The third-order valence-electron chi connectivity index (χ3n) is 5.64. The van der Waals surface area contributed by atoms with E-state index in [4.69, 9.17) is 14.2 Å². The molecule has 3 N–H and O–H groups in total. The molecule has 4 rings (SSSR count). The second kappa shape index (κ2) is 9.73. The zero-order chi connectivity index (χ0) is 21.8. The summed E-state index contributed by atoms with van der Waals surface area (Å²) in [5, 5.41) is 20.9. The summed E-state index contributed by atoms with van der Waals surface area (Å²) in [4.78, 5) is 16.4. The molecule has 2 aliphatic rings. The number of amides is 1. The molecule has 0 bridgehead atoms. The van der Waals surface area contributed by atoms with Gasteiger partial charge in [-0.2, -0.15) is 5.10 Å². The van der Waals surface area contributed by atoms with Gasteiger partial charge in [0.2, 0.25) is 11.8 Å². The van der Waals surface area contributed by atoms with E-state index in [1.807, 2.05) is 25.4 Å². The van der Waals surface area contributed by atoms with Crippen molar-refractivity contribution in [2.45, 2.75) is 56.5 Å². The average Bonchev–Trinajstić information content (AvgIpc) is 3.43. The molecule has 0 aromatic carbocycles. The lowest BCUT2D eigenvalue weighted by molar-refractivity contribution is -0.124. The highest BCUT2D eigenvalue weighted by Crippen LogP contribution is 2.35. The van der Waals surface area contributed by atoms with Gasteiger partial charge in [0.1, 0.15) is 12.2 Å². The Morgan fingerprint density at radius 1 is 1.39 bits per heavy atom. The van der Waals surface area contributed by atoms with E-state index in [1.54, 1.807) is 24.2 Å². The predicted octanol–water partition coefficient (Wildman–Crippen LogP) is -0.0944. The Hall–Kier alpha value is -2.53. The maximum atomic E-state index is 12.2. The molecule has 0 unspecified atom stereocenters. The molecule has 0 saturated carbocycles. The maximum absolute atomic E-state index is 12.2. The van der Waals surface area contributed by atoms with E-state index < -0.39 is 12.2 Å². The molecule has 0 aliphatic carbocycles. The number of aryl methyl sites for hydroxylation is 1. The summed E-state index contributed by atoms with van der Waals surface area (Å²) in [6.07, 6.45) is 4.13. The predicted molar refractivity (Wildman–Crippen MR) is 110 cm³/mol. The molecule has 10 nitrogen and oxygen atoms in total. The highest BCUT2D eigenvalue weighted by atomic mass is 16.6. The summed E-state index contributed by atoms with van der Waals surface area (Å²) in [7, 11) is 3.42. The van der Waals surface area contributed by atoms with Gasteiger partial charge < -0.3 is 30.0 Å². The minimum Gasteiger partial charge on any atom is -0.481 e. The normalized spacial score (nSPS) is 27.3. The highest BCUT2D eigenvalue weighted by molar-refractivity contribution is 5.76. The molecule has 2 fully saturated rings. The van der Waals surface area contributed by atoms with Crippen LogP contribution in [-0.2, 0) is 34.4 Å². The number of hydrogen-bond acceptors (Lipinski definition) is 8. The van der Waals surface area contributed by atoms with Crippen LogP contribution in [0.2, 0.25) is 0 Å². The Morgan fingerprint density at radius 3 is 3.00 bits per heavy atom. The number of carbonyl (C=O) groups is 1. The lowest BCUT2D eigenvalue weighted by Gasteiger charge is -2.20. The number of hydrogen-bond donors (Lipinski definition) is 3. The molecule has 4 heterocycles. The summed E-state index contributed by atoms with van der Waals surface area (Å²) < 4.78 is 18.9. The number of nitrogens with one attached hydrogen (secondary N) is 2. The zero-order valence-electron chi connectivity index (χ0n) is 17.7. The topological polar surface area (TPSA) is 120 Å². The molecular weight excluding hydrogens is 402 g/mol. The van der Waals surface area contributed by atoms with Gasteiger partial charge in [0.05, 0.1) is 38.0 Å². The van der Waals surface area contributed by atoms with Crippen LogP contribution in [0.4, 0.5) is 0 Å². The van der Waals surface area contributed by atoms with Crippen molar-refractivity contribution in [2.24, 2.45) is 7.05 Å². The molecular formula is C21H29N5O5. The van der Waals surface area contributed by atoms with Crippen molar-refractivity contribution in [3.8, 4) is 5.88 Å². The number of methoxy groups -OCH3 is 1. The lowest BCUT2D eigenvalue weighted by atomic mass is 10.1. The van der Waals surface area contributed by atoms with Gasteiger partial charge in [-0.25, -0.2) is 4.98 Å². The molecule has 0 radical (unpaired) electrons. The maximum Gasteiger partial charge on any atom is 0.222 e.